The SMILES string of the molecule is CCCNC1CCC(c2cccc(CC(C)C)c2)C1C. The van der Waals surface area contributed by atoms with Gasteiger partial charge in [-0.15, -0.1) is 0 Å². The van der Waals surface area contributed by atoms with Crippen LogP contribution in [0.15, 0.2) is 24.3 Å². The van der Waals surface area contributed by atoms with Gasteiger partial charge in [0.15, 0.2) is 0 Å². The van der Waals surface area contributed by atoms with E-state index in [0.717, 1.165) is 24.3 Å². The zero-order chi connectivity index (χ0) is 14.5. The van der Waals surface area contributed by atoms with Crippen LogP contribution in [0.2, 0.25) is 0 Å². The van der Waals surface area contributed by atoms with Gasteiger partial charge in [-0.05, 0) is 61.1 Å². The number of benzene rings is 1. The topological polar surface area (TPSA) is 12.0 Å². The van der Waals surface area contributed by atoms with E-state index in [9.17, 15) is 0 Å². The average molecular weight is 273 g/mol. The van der Waals surface area contributed by atoms with E-state index in [-0.39, 0.29) is 0 Å². The van der Waals surface area contributed by atoms with E-state index in [1.165, 1.54) is 31.2 Å². The van der Waals surface area contributed by atoms with Gasteiger partial charge in [-0.3, -0.25) is 0 Å². The summed E-state index contributed by atoms with van der Waals surface area (Å²) in [7, 11) is 0. The van der Waals surface area contributed by atoms with E-state index in [1.54, 1.807) is 5.56 Å². The number of rotatable bonds is 6. The molecule has 0 aromatic heterocycles. The molecule has 1 aliphatic carbocycles. The first-order valence-electron chi connectivity index (χ1n) is 8.44. The van der Waals surface area contributed by atoms with Crippen molar-refractivity contribution < 1.29 is 0 Å². The van der Waals surface area contributed by atoms with Crippen LogP contribution in [0.4, 0.5) is 0 Å². The van der Waals surface area contributed by atoms with Crippen LogP contribution in [0.25, 0.3) is 0 Å². The first-order chi connectivity index (χ1) is 9.61. The largest absolute Gasteiger partial charge is 0.314 e. The fourth-order valence-corrected chi connectivity index (χ4v) is 3.68. The fraction of sp³-hybridized carbons (Fsp3) is 0.684. The van der Waals surface area contributed by atoms with Gasteiger partial charge in [0.05, 0.1) is 0 Å². The highest BCUT2D eigenvalue weighted by molar-refractivity contribution is 5.28. The van der Waals surface area contributed by atoms with Crippen LogP contribution in [0.1, 0.15) is 64.0 Å². The van der Waals surface area contributed by atoms with Gasteiger partial charge in [-0.25, -0.2) is 0 Å². The molecule has 3 atom stereocenters. The van der Waals surface area contributed by atoms with E-state index >= 15 is 0 Å². The molecular formula is C19H31N. The third-order valence-electron chi connectivity index (χ3n) is 4.74. The summed E-state index contributed by atoms with van der Waals surface area (Å²) < 4.78 is 0. The molecule has 3 unspecified atom stereocenters. The molecule has 0 aliphatic heterocycles. The van der Waals surface area contributed by atoms with E-state index in [0.29, 0.717) is 6.04 Å². The van der Waals surface area contributed by atoms with Gasteiger partial charge in [0.25, 0.3) is 0 Å². The van der Waals surface area contributed by atoms with Crippen LogP contribution in [-0.4, -0.2) is 12.6 Å². The molecule has 1 saturated carbocycles. The van der Waals surface area contributed by atoms with Crippen LogP contribution in [0.5, 0.6) is 0 Å². The molecule has 1 heteroatoms. The molecule has 112 valence electrons. The van der Waals surface area contributed by atoms with Crippen molar-refractivity contribution in [2.24, 2.45) is 11.8 Å². The molecule has 0 amide bonds. The Hall–Kier alpha value is -0.820. The van der Waals surface area contributed by atoms with Gasteiger partial charge in [-0.1, -0.05) is 52.0 Å². The van der Waals surface area contributed by atoms with E-state index < -0.39 is 0 Å². The van der Waals surface area contributed by atoms with Gasteiger partial charge < -0.3 is 5.32 Å². The molecule has 1 N–H and O–H groups in total. The van der Waals surface area contributed by atoms with Crippen molar-refractivity contribution in [3.8, 4) is 0 Å². The summed E-state index contributed by atoms with van der Waals surface area (Å²) in [6.07, 6.45) is 5.11. The number of nitrogens with one attached hydrogen (secondary N) is 1. The molecule has 20 heavy (non-hydrogen) atoms. The highest BCUT2D eigenvalue weighted by Gasteiger charge is 2.33. The van der Waals surface area contributed by atoms with Crippen molar-refractivity contribution in [3.63, 3.8) is 0 Å². The molecule has 2 rings (SSSR count). The first-order valence-corrected chi connectivity index (χ1v) is 8.44. The van der Waals surface area contributed by atoms with Crippen LogP contribution in [0.3, 0.4) is 0 Å². The standard InChI is InChI=1S/C19H31N/c1-5-11-20-19-10-9-18(15(19)4)17-8-6-7-16(13-17)12-14(2)3/h6-8,13-15,18-20H,5,9-12H2,1-4H3. The van der Waals surface area contributed by atoms with Gasteiger partial charge in [0.2, 0.25) is 0 Å². The third-order valence-corrected chi connectivity index (χ3v) is 4.74. The highest BCUT2D eigenvalue weighted by atomic mass is 14.9. The molecule has 1 nitrogen and oxygen atoms in total. The lowest BCUT2D eigenvalue weighted by atomic mass is 9.87. The van der Waals surface area contributed by atoms with Gasteiger partial charge in [0.1, 0.15) is 0 Å². The molecule has 1 aromatic carbocycles. The first kappa shape index (κ1) is 15.6. The highest BCUT2D eigenvalue weighted by Crippen LogP contribution is 2.39. The Morgan fingerprint density at radius 3 is 2.75 bits per heavy atom. The summed E-state index contributed by atoms with van der Waals surface area (Å²) in [5.74, 6) is 2.25. The Morgan fingerprint density at radius 1 is 1.25 bits per heavy atom. The second-order valence-corrected chi connectivity index (χ2v) is 6.95. The molecule has 0 heterocycles. The van der Waals surface area contributed by atoms with Gasteiger partial charge in [0, 0.05) is 6.04 Å². The Kier molecular flexibility index (Phi) is 5.65. The second-order valence-electron chi connectivity index (χ2n) is 6.95. The minimum absolute atomic E-state index is 0.716. The lowest BCUT2D eigenvalue weighted by Crippen LogP contribution is -2.32. The Labute approximate surface area is 125 Å². The van der Waals surface area contributed by atoms with Gasteiger partial charge >= 0.3 is 0 Å². The quantitative estimate of drug-likeness (QED) is 0.787. The average Bonchev–Trinajstić information content (AvgIpc) is 2.77. The predicted molar refractivity (Wildman–Crippen MR) is 88.2 cm³/mol. The van der Waals surface area contributed by atoms with Crippen LogP contribution >= 0.6 is 0 Å². The lowest BCUT2D eigenvalue weighted by molar-refractivity contribution is 0.404. The second kappa shape index (κ2) is 7.26. The normalized spacial score (nSPS) is 26.4. The smallest absolute Gasteiger partial charge is 0.00987 e. The minimum atomic E-state index is 0.716. The maximum atomic E-state index is 3.73. The van der Waals surface area contributed by atoms with Crippen molar-refractivity contribution in [1.29, 1.82) is 0 Å². The molecule has 1 aliphatic rings. The molecule has 0 saturated heterocycles. The summed E-state index contributed by atoms with van der Waals surface area (Å²) in [5.41, 5.74) is 3.08. The van der Waals surface area contributed by atoms with E-state index in [1.807, 2.05) is 0 Å². The summed E-state index contributed by atoms with van der Waals surface area (Å²) in [4.78, 5) is 0. The number of hydrogen-bond donors (Lipinski definition) is 1. The van der Waals surface area contributed by atoms with E-state index in [2.05, 4.69) is 57.3 Å². The molecule has 0 bridgehead atoms. The van der Waals surface area contributed by atoms with Crippen LogP contribution < -0.4 is 5.32 Å². The minimum Gasteiger partial charge on any atom is -0.314 e. The van der Waals surface area contributed by atoms with Crippen LogP contribution in [0, 0.1) is 11.8 Å². The molecule has 0 radical (unpaired) electrons. The van der Waals surface area contributed by atoms with Crippen molar-refractivity contribution in [3.05, 3.63) is 35.4 Å². The van der Waals surface area contributed by atoms with Crippen molar-refractivity contribution in [1.82, 2.24) is 5.32 Å². The predicted octanol–water partition coefficient (Wildman–Crippen LogP) is 4.77. The van der Waals surface area contributed by atoms with E-state index in [4.69, 9.17) is 0 Å². The Balaban J connectivity index is 2.04. The van der Waals surface area contributed by atoms with Gasteiger partial charge in [-0.2, -0.15) is 0 Å². The number of hydrogen-bond acceptors (Lipinski definition) is 1. The van der Waals surface area contributed by atoms with Crippen LogP contribution in [-0.2, 0) is 6.42 Å². The molecular weight excluding hydrogens is 242 g/mol. The lowest BCUT2D eigenvalue weighted by Gasteiger charge is -2.22. The zero-order valence-corrected chi connectivity index (χ0v) is 13.7. The molecule has 1 fully saturated rings. The maximum absolute atomic E-state index is 3.73. The third kappa shape index (κ3) is 3.85. The molecule has 0 spiro atoms. The summed E-state index contributed by atoms with van der Waals surface area (Å²) >= 11 is 0. The monoisotopic (exact) mass is 273 g/mol. The summed E-state index contributed by atoms with van der Waals surface area (Å²) in [6.45, 7) is 10.4. The zero-order valence-electron chi connectivity index (χ0n) is 13.7. The summed E-state index contributed by atoms with van der Waals surface area (Å²) in [5, 5.41) is 3.73. The van der Waals surface area contributed by atoms with Crippen molar-refractivity contribution in [2.45, 2.75) is 65.3 Å². The molecule has 1 aromatic rings. The van der Waals surface area contributed by atoms with Crippen molar-refractivity contribution >= 4 is 0 Å². The Morgan fingerprint density at radius 2 is 2.05 bits per heavy atom. The Bertz CT molecular complexity index is 410. The fourth-order valence-electron chi connectivity index (χ4n) is 3.68. The maximum Gasteiger partial charge on any atom is 0.00987 e. The van der Waals surface area contributed by atoms with Crippen molar-refractivity contribution in [2.75, 3.05) is 6.54 Å². The summed E-state index contributed by atoms with van der Waals surface area (Å²) in [6, 6.07) is 10.1.